The first-order chi connectivity index (χ1) is 8.40. The second-order valence-electron chi connectivity index (χ2n) is 4.30. The van der Waals surface area contributed by atoms with Crippen LogP contribution in [0.4, 0.5) is 0 Å². The molecule has 1 aromatic heterocycles. The van der Waals surface area contributed by atoms with Crippen molar-refractivity contribution in [1.82, 2.24) is 10.3 Å². The van der Waals surface area contributed by atoms with Crippen molar-refractivity contribution in [3.63, 3.8) is 0 Å². The molecule has 0 fully saturated rings. The minimum Gasteiger partial charge on any atom is -0.244 e. The first kappa shape index (κ1) is 12.8. The maximum absolute atomic E-state index is 12.2. The summed E-state index contributed by atoms with van der Waals surface area (Å²) in [5, 5.41) is 7.18. The van der Waals surface area contributed by atoms with Gasteiger partial charge in [-0.25, -0.2) is 13.0 Å². The maximum Gasteiger partial charge on any atom is 0.184 e. The Hall–Kier alpha value is -1.69. The Labute approximate surface area is 106 Å². The molecule has 0 bridgehead atoms. The van der Waals surface area contributed by atoms with Crippen LogP contribution < -0.4 is 0 Å². The predicted octanol–water partition coefficient (Wildman–Crippen LogP) is 1.97. The Kier molecular flexibility index (Phi) is 3.21. The maximum atomic E-state index is 12.2. The van der Waals surface area contributed by atoms with Crippen molar-refractivity contribution in [2.45, 2.75) is 31.4 Å². The molecule has 0 amide bonds. The highest BCUT2D eigenvalue weighted by atomic mass is 32.2. The van der Waals surface area contributed by atoms with Gasteiger partial charge in [-0.05, 0) is 44.0 Å². The lowest BCUT2D eigenvalue weighted by molar-refractivity contribution is 0.302. The van der Waals surface area contributed by atoms with Gasteiger partial charge in [0, 0.05) is 0 Å². The van der Waals surface area contributed by atoms with Crippen molar-refractivity contribution in [2.75, 3.05) is 0 Å². The summed E-state index contributed by atoms with van der Waals surface area (Å²) >= 11 is 0. The molecule has 0 saturated carbocycles. The van der Waals surface area contributed by atoms with Crippen molar-refractivity contribution < 1.29 is 13.0 Å². The van der Waals surface area contributed by atoms with Gasteiger partial charge in [0.2, 0.25) is 0 Å². The average Bonchev–Trinajstić information content (AvgIpc) is 2.67. The van der Waals surface area contributed by atoms with Crippen LogP contribution in [0.15, 0.2) is 27.7 Å². The molecular formula is C12H14N2O3S. The smallest absolute Gasteiger partial charge is 0.184 e. The standard InChI is InChI=1S/C12H14N2O3S/c1-8-4-5-11(6-9(8)2)18(15,16)7-12-10(3)13-17-14-12/h4-6H,7H2,1-3H3. The molecule has 6 heteroatoms. The third-order valence-corrected chi connectivity index (χ3v) is 4.54. The number of hydrogen-bond donors (Lipinski definition) is 0. The summed E-state index contributed by atoms with van der Waals surface area (Å²) in [5.74, 6) is -0.190. The van der Waals surface area contributed by atoms with Crippen LogP contribution in [0.25, 0.3) is 0 Å². The molecule has 2 aromatic rings. The van der Waals surface area contributed by atoms with E-state index in [1.807, 2.05) is 13.8 Å². The molecule has 1 heterocycles. The second-order valence-corrected chi connectivity index (χ2v) is 6.29. The zero-order chi connectivity index (χ0) is 13.3. The third kappa shape index (κ3) is 2.43. The Morgan fingerprint density at radius 3 is 2.39 bits per heavy atom. The van der Waals surface area contributed by atoms with Gasteiger partial charge in [0.05, 0.1) is 4.90 Å². The fraction of sp³-hybridized carbons (Fsp3) is 0.333. The molecule has 0 aliphatic rings. The number of nitrogens with zero attached hydrogens (tertiary/aromatic N) is 2. The molecule has 0 N–H and O–H groups in total. The Balaban J connectivity index is 2.37. The van der Waals surface area contributed by atoms with E-state index in [-0.39, 0.29) is 5.75 Å². The largest absolute Gasteiger partial charge is 0.244 e. The van der Waals surface area contributed by atoms with Gasteiger partial charge < -0.3 is 0 Å². The van der Waals surface area contributed by atoms with E-state index in [1.54, 1.807) is 25.1 Å². The molecule has 0 radical (unpaired) electrons. The number of sulfone groups is 1. The van der Waals surface area contributed by atoms with Crippen LogP contribution >= 0.6 is 0 Å². The van der Waals surface area contributed by atoms with Gasteiger partial charge in [0.25, 0.3) is 0 Å². The third-order valence-electron chi connectivity index (χ3n) is 2.91. The normalized spacial score (nSPS) is 11.7. The zero-order valence-electron chi connectivity index (χ0n) is 10.5. The molecular weight excluding hydrogens is 252 g/mol. The van der Waals surface area contributed by atoms with Crippen LogP contribution in [-0.2, 0) is 15.6 Å². The van der Waals surface area contributed by atoms with Gasteiger partial charge in [-0.2, -0.15) is 0 Å². The summed E-state index contributed by atoms with van der Waals surface area (Å²) in [6.07, 6.45) is 0. The van der Waals surface area contributed by atoms with Gasteiger partial charge in [0.15, 0.2) is 9.84 Å². The highest BCUT2D eigenvalue weighted by molar-refractivity contribution is 7.90. The quantitative estimate of drug-likeness (QED) is 0.849. The Bertz CT molecular complexity index is 674. The van der Waals surface area contributed by atoms with Crippen molar-refractivity contribution in [1.29, 1.82) is 0 Å². The average molecular weight is 266 g/mol. The second kappa shape index (κ2) is 4.53. The van der Waals surface area contributed by atoms with E-state index < -0.39 is 9.84 Å². The molecule has 1 aromatic carbocycles. The molecule has 0 aliphatic heterocycles. The highest BCUT2D eigenvalue weighted by Crippen LogP contribution is 2.19. The fourth-order valence-corrected chi connectivity index (χ4v) is 2.97. The minimum atomic E-state index is -3.41. The van der Waals surface area contributed by atoms with Gasteiger partial charge in [-0.15, -0.1) is 0 Å². The van der Waals surface area contributed by atoms with E-state index in [0.717, 1.165) is 11.1 Å². The molecule has 0 saturated heterocycles. The van der Waals surface area contributed by atoms with Gasteiger partial charge in [0.1, 0.15) is 17.1 Å². The van der Waals surface area contributed by atoms with Crippen LogP contribution in [0.2, 0.25) is 0 Å². The minimum absolute atomic E-state index is 0.190. The molecule has 96 valence electrons. The summed E-state index contributed by atoms with van der Waals surface area (Å²) in [6.45, 7) is 5.50. The van der Waals surface area contributed by atoms with Crippen molar-refractivity contribution >= 4 is 9.84 Å². The first-order valence-electron chi connectivity index (χ1n) is 5.48. The summed E-state index contributed by atoms with van der Waals surface area (Å²) in [5.41, 5.74) is 2.87. The highest BCUT2D eigenvalue weighted by Gasteiger charge is 2.19. The van der Waals surface area contributed by atoms with Gasteiger partial charge >= 0.3 is 0 Å². The van der Waals surface area contributed by atoms with E-state index in [4.69, 9.17) is 0 Å². The van der Waals surface area contributed by atoms with Crippen molar-refractivity contribution in [3.05, 3.63) is 40.7 Å². The molecule has 5 nitrogen and oxygen atoms in total. The van der Waals surface area contributed by atoms with Crippen LogP contribution in [0.1, 0.15) is 22.5 Å². The lowest BCUT2D eigenvalue weighted by atomic mass is 10.1. The summed E-state index contributed by atoms with van der Waals surface area (Å²) in [4.78, 5) is 0.299. The van der Waals surface area contributed by atoms with Crippen molar-refractivity contribution in [2.24, 2.45) is 0 Å². The fourth-order valence-electron chi connectivity index (χ4n) is 1.55. The van der Waals surface area contributed by atoms with E-state index in [2.05, 4.69) is 14.9 Å². The first-order valence-corrected chi connectivity index (χ1v) is 7.13. The topological polar surface area (TPSA) is 73.1 Å². The van der Waals surface area contributed by atoms with Gasteiger partial charge in [-0.1, -0.05) is 16.4 Å². The Morgan fingerprint density at radius 2 is 1.83 bits per heavy atom. The van der Waals surface area contributed by atoms with Crippen LogP contribution in [0, 0.1) is 20.8 Å². The molecule has 18 heavy (non-hydrogen) atoms. The number of aryl methyl sites for hydroxylation is 3. The van der Waals surface area contributed by atoms with E-state index in [9.17, 15) is 8.42 Å². The van der Waals surface area contributed by atoms with E-state index in [0.29, 0.717) is 16.3 Å². The predicted molar refractivity (Wildman–Crippen MR) is 65.8 cm³/mol. The SMILES string of the molecule is Cc1ccc(S(=O)(=O)Cc2nonc2C)cc1C. The number of aromatic nitrogens is 2. The lowest BCUT2D eigenvalue weighted by Gasteiger charge is -2.05. The summed E-state index contributed by atoms with van der Waals surface area (Å²) in [6, 6.07) is 5.09. The van der Waals surface area contributed by atoms with Crippen molar-refractivity contribution in [3.8, 4) is 0 Å². The van der Waals surface area contributed by atoms with E-state index >= 15 is 0 Å². The monoisotopic (exact) mass is 266 g/mol. The Morgan fingerprint density at radius 1 is 1.11 bits per heavy atom. The number of benzene rings is 1. The molecule has 2 rings (SSSR count). The zero-order valence-corrected chi connectivity index (χ0v) is 11.3. The van der Waals surface area contributed by atoms with Crippen LogP contribution in [-0.4, -0.2) is 18.7 Å². The number of hydrogen-bond acceptors (Lipinski definition) is 5. The molecule has 0 spiro atoms. The van der Waals surface area contributed by atoms with Crippen LogP contribution in [0.3, 0.4) is 0 Å². The van der Waals surface area contributed by atoms with Gasteiger partial charge in [-0.3, -0.25) is 0 Å². The summed E-state index contributed by atoms with van der Waals surface area (Å²) < 4.78 is 28.9. The molecule has 0 unspecified atom stereocenters. The van der Waals surface area contributed by atoms with E-state index in [1.165, 1.54) is 0 Å². The molecule has 0 aliphatic carbocycles. The molecule has 0 atom stereocenters. The summed E-state index contributed by atoms with van der Waals surface area (Å²) in [7, 11) is -3.41. The van der Waals surface area contributed by atoms with Crippen LogP contribution in [0.5, 0.6) is 0 Å². The lowest BCUT2D eigenvalue weighted by Crippen LogP contribution is -2.07. The number of rotatable bonds is 3.